The topological polar surface area (TPSA) is 12.0 Å². The van der Waals surface area contributed by atoms with Crippen LogP contribution < -0.4 is 5.32 Å². The predicted molar refractivity (Wildman–Crippen MR) is 74.9 cm³/mol. The van der Waals surface area contributed by atoms with Crippen molar-refractivity contribution in [2.45, 2.75) is 33.1 Å². The van der Waals surface area contributed by atoms with E-state index in [2.05, 4.69) is 73.2 Å². The molecule has 0 aliphatic carbocycles. The average Bonchev–Trinajstić information content (AvgIpc) is 2.17. The lowest BCUT2D eigenvalue weighted by Crippen LogP contribution is -2.35. The van der Waals surface area contributed by atoms with E-state index in [9.17, 15) is 0 Å². The largest absolute Gasteiger partial charge is 0.316 e. The summed E-state index contributed by atoms with van der Waals surface area (Å²) in [5.74, 6) is 0.704. The molecule has 0 spiro atoms. The Hall–Kier alpha value is -0.340. The summed E-state index contributed by atoms with van der Waals surface area (Å²) in [5, 5.41) is 3.53. The quantitative estimate of drug-likeness (QED) is 0.862. The fourth-order valence-corrected chi connectivity index (χ4v) is 2.60. The number of hydrogen-bond acceptors (Lipinski definition) is 1. The van der Waals surface area contributed by atoms with Gasteiger partial charge in [-0.3, -0.25) is 0 Å². The van der Waals surface area contributed by atoms with E-state index in [1.165, 1.54) is 10.0 Å². The van der Waals surface area contributed by atoms with Crippen molar-refractivity contribution < 1.29 is 0 Å². The minimum Gasteiger partial charge on any atom is -0.316 e. The van der Waals surface area contributed by atoms with Gasteiger partial charge in [-0.05, 0) is 24.1 Å². The monoisotopic (exact) mass is 283 g/mol. The zero-order valence-electron chi connectivity index (χ0n) is 10.7. The average molecular weight is 284 g/mol. The van der Waals surface area contributed by atoms with E-state index in [0.717, 1.165) is 13.1 Å². The lowest BCUT2D eigenvalue weighted by Gasteiger charge is -2.27. The van der Waals surface area contributed by atoms with Gasteiger partial charge in [-0.15, -0.1) is 0 Å². The van der Waals surface area contributed by atoms with Crippen molar-refractivity contribution in [1.82, 2.24) is 5.32 Å². The van der Waals surface area contributed by atoms with Crippen LogP contribution in [0.4, 0.5) is 0 Å². The van der Waals surface area contributed by atoms with Gasteiger partial charge in [-0.25, -0.2) is 0 Å². The van der Waals surface area contributed by atoms with E-state index in [-0.39, 0.29) is 5.41 Å². The molecule has 1 aromatic rings. The molecule has 1 aromatic carbocycles. The van der Waals surface area contributed by atoms with E-state index in [1.54, 1.807) is 0 Å². The first-order valence-corrected chi connectivity index (χ1v) is 6.68. The summed E-state index contributed by atoms with van der Waals surface area (Å²) in [4.78, 5) is 0. The second-order valence-corrected chi connectivity index (χ2v) is 6.24. The van der Waals surface area contributed by atoms with Crippen LogP contribution in [0.3, 0.4) is 0 Å². The zero-order chi connectivity index (χ0) is 12.2. The molecule has 1 rings (SSSR count). The van der Waals surface area contributed by atoms with Gasteiger partial charge in [0, 0.05) is 16.4 Å². The van der Waals surface area contributed by atoms with Crippen molar-refractivity contribution >= 4 is 15.9 Å². The Labute approximate surface area is 108 Å². The molecule has 16 heavy (non-hydrogen) atoms. The molecule has 0 saturated heterocycles. The smallest absolute Gasteiger partial charge is 0.0213 e. The highest BCUT2D eigenvalue weighted by atomic mass is 79.9. The van der Waals surface area contributed by atoms with Gasteiger partial charge in [-0.1, -0.05) is 61.8 Å². The van der Waals surface area contributed by atoms with Crippen LogP contribution in [0.5, 0.6) is 0 Å². The minimum absolute atomic E-state index is 0.162. The summed E-state index contributed by atoms with van der Waals surface area (Å²) in [6, 6.07) is 8.47. The van der Waals surface area contributed by atoms with Gasteiger partial charge in [0.25, 0.3) is 0 Å². The lowest BCUT2D eigenvalue weighted by atomic mass is 9.84. The Morgan fingerprint density at radius 2 is 1.88 bits per heavy atom. The summed E-state index contributed by atoms with van der Waals surface area (Å²) in [7, 11) is 0. The maximum absolute atomic E-state index is 3.63. The van der Waals surface area contributed by atoms with Crippen molar-refractivity contribution in [2.24, 2.45) is 5.92 Å². The summed E-state index contributed by atoms with van der Waals surface area (Å²) in [5.41, 5.74) is 1.53. The Morgan fingerprint density at radius 1 is 1.25 bits per heavy atom. The van der Waals surface area contributed by atoms with E-state index < -0.39 is 0 Å². The number of hydrogen-bond donors (Lipinski definition) is 1. The Morgan fingerprint density at radius 3 is 2.44 bits per heavy atom. The predicted octanol–water partition coefficient (Wildman–Crippen LogP) is 3.97. The maximum atomic E-state index is 3.63. The van der Waals surface area contributed by atoms with Crippen molar-refractivity contribution in [3.63, 3.8) is 0 Å². The maximum Gasteiger partial charge on any atom is 0.0213 e. The highest BCUT2D eigenvalue weighted by Gasteiger charge is 2.22. The van der Waals surface area contributed by atoms with Crippen molar-refractivity contribution in [3.8, 4) is 0 Å². The third kappa shape index (κ3) is 3.91. The molecule has 0 heterocycles. The van der Waals surface area contributed by atoms with Gasteiger partial charge in [0.15, 0.2) is 0 Å². The van der Waals surface area contributed by atoms with E-state index in [0.29, 0.717) is 5.92 Å². The van der Waals surface area contributed by atoms with Crippen LogP contribution in [0, 0.1) is 5.92 Å². The SMILES string of the molecule is CC(C)CNCC(C)(C)c1ccccc1Br. The molecule has 0 amide bonds. The van der Waals surface area contributed by atoms with Crippen LogP contribution in [-0.2, 0) is 5.41 Å². The van der Waals surface area contributed by atoms with E-state index >= 15 is 0 Å². The van der Waals surface area contributed by atoms with Gasteiger partial charge in [0.05, 0.1) is 0 Å². The van der Waals surface area contributed by atoms with E-state index in [4.69, 9.17) is 0 Å². The van der Waals surface area contributed by atoms with Crippen molar-refractivity contribution in [2.75, 3.05) is 13.1 Å². The summed E-state index contributed by atoms with van der Waals surface area (Å²) >= 11 is 3.63. The van der Waals surface area contributed by atoms with E-state index in [1.807, 2.05) is 0 Å². The molecule has 1 N–H and O–H groups in total. The molecule has 0 saturated carbocycles. The molecule has 2 heteroatoms. The highest BCUT2D eigenvalue weighted by Crippen LogP contribution is 2.29. The van der Waals surface area contributed by atoms with Crippen molar-refractivity contribution in [1.29, 1.82) is 0 Å². The molecule has 0 atom stereocenters. The second-order valence-electron chi connectivity index (χ2n) is 5.39. The molecule has 90 valence electrons. The van der Waals surface area contributed by atoms with Crippen LogP contribution in [0.15, 0.2) is 28.7 Å². The molecule has 0 radical (unpaired) electrons. The molecular weight excluding hydrogens is 262 g/mol. The number of halogens is 1. The van der Waals surface area contributed by atoms with Crippen LogP contribution in [0.25, 0.3) is 0 Å². The summed E-state index contributed by atoms with van der Waals surface area (Å²) < 4.78 is 1.20. The molecule has 0 aromatic heterocycles. The Kier molecular flexibility index (Phi) is 5.00. The third-order valence-corrected chi connectivity index (χ3v) is 3.41. The first-order valence-electron chi connectivity index (χ1n) is 5.89. The van der Waals surface area contributed by atoms with Gasteiger partial charge in [0.1, 0.15) is 0 Å². The first kappa shape index (κ1) is 13.7. The fourth-order valence-electron chi connectivity index (χ4n) is 1.78. The molecular formula is C14H22BrN. The number of rotatable bonds is 5. The highest BCUT2D eigenvalue weighted by molar-refractivity contribution is 9.10. The molecule has 0 bridgehead atoms. The van der Waals surface area contributed by atoms with Gasteiger partial charge in [0.2, 0.25) is 0 Å². The molecule has 0 aliphatic rings. The molecule has 1 nitrogen and oxygen atoms in total. The normalized spacial score (nSPS) is 12.1. The fraction of sp³-hybridized carbons (Fsp3) is 0.571. The van der Waals surface area contributed by atoms with Gasteiger partial charge in [-0.2, -0.15) is 0 Å². The first-order chi connectivity index (χ1) is 7.43. The minimum atomic E-state index is 0.162. The molecule has 0 aliphatic heterocycles. The zero-order valence-corrected chi connectivity index (χ0v) is 12.3. The standard InChI is InChI=1S/C14H22BrN/c1-11(2)9-16-10-14(3,4)12-7-5-6-8-13(12)15/h5-8,11,16H,9-10H2,1-4H3. The van der Waals surface area contributed by atoms with Crippen LogP contribution in [-0.4, -0.2) is 13.1 Å². The Balaban J connectivity index is 2.66. The number of nitrogens with one attached hydrogen (secondary N) is 1. The Bertz CT molecular complexity index is 331. The lowest BCUT2D eigenvalue weighted by molar-refractivity contribution is 0.442. The summed E-state index contributed by atoms with van der Waals surface area (Å²) in [6.45, 7) is 11.1. The third-order valence-electron chi connectivity index (χ3n) is 2.72. The number of benzene rings is 1. The van der Waals surface area contributed by atoms with Gasteiger partial charge >= 0.3 is 0 Å². The second kappa shape index (κ2) is 5.83. The van der Waals surface area contributed by atoms with Gasteiger partial charge < -0.3 is 5.32 Å². The summed E-state index contributed by atoms with van der Waals surface area (Å²) in [6.07, 6.45) is 0. The van der Waals surface area contributed by atoms with Crippen molar-refractivity contribution in [3.05, 3.63) is 34.3 Å². The van der Waals surface area contributed by atoms with Crippen LogP contribution in [0.1, 0.15) is 33.3 Å². The van der Waals surface area contributed by atoms with Crippen LogP contribution >= 0.6 is 15.9 Å². The van der Waals surface area contributed by atoms with Crippen LogP contribution in [0.2, 0.25) is 0 Å². The molecule has 0 fully saturated rings. The molecule has 0 unspecified atom stereocenters.